The number of fused-ring (bicyclic) bond motifs is 1. The van der Waals surface area contributed by atoms with Crippen molar-refractivity contribution in [2.45, 2.75) is 19.8 Å². The van der Waals surface area contributed by atoms with Gasteiger partial charge in [0.25, 0.3) is 0 Å². The molecule has 29 heavy (non-hydrogen) atoms. The lowest BCUT2D eigenvalue weighted by molar-refractivity contribution is 0.610. The van der Waals surface area contributed by atoms with E-state index in [0.717, 1.165) is 40.6 Å². The number of hydrogen-bond donors (Lipinski definition) is 1. The zero-order valence-electron chi connectivity index (χ0n) is 16.3. The van der Waals surface area contributed by atoms with E-state index >= 15 is 0 Å². The minimum Gasteiger partial charge on any atom is -0.360 e. The first-order chi connectivity index (χ1) is 14.0. The summed E-state index contributed by atoms with van der Waals surface area (Å²) in [5, 5.41) is 2.06. The Labute approximate surface area is 179 Å². The number of aromatic nitrogens is 2. The van der Waals surface area contributed by atoms with Crippen LogP contribution < -0.4 is 4.90 Å². The zero-order valence-corrected chi connectivity index (χ0v) is 17.8. The van der Waals surface area contributed by atoms with Crippen LogP contribution in [-0.2, 0) is 0 Å². The predicted molar refractivity (Wildman–Crippen MR) is 120 cm³/mol. The molecule has 150 valence electrons. The van der Waals surface area contributed by atoms with Crippen molar-refractivity contribution >= 4 is 51.2 Å². The van der Waals surface area contributed by atoms with Crippen LogP contribution in [0.3, 0.4) is 0 Å². The van der Waals surface area contributed by atoms with Crippen LogP contribution in [0.15, 0.2) is 47.2 Å². The van der Waals surface area contributed by atoms with Gasteiger partial charge in [0.15, 0.2) is 11.6 Å². The maximum absolute atomic E-state index is 14.5. The molecule has 0 unspecified atom stereocenters. The SMILES string of the molecule is CC/C(=C1/CN(c2ncc(Cl)cc2F)CC/C1=N/C)c1ccc(Cl)c2[nH]ccc12. The third-order valence-corrected chi connectivity index (χ3v) is 5.91. The number of piperidine rings is 1. The van der Waals surface area contributed by atoms with Crippen LogP contribution in [0.1, 0.15) is 25.3 Å². The first kappa shape index (κ1) is 19.9. The van der Waals surface area contributed by atoms with E-state index in [4.69, 9.17) is 23.2 Å². The van der Waals surface area contributed by atoms with Crippen LogP contribution in [0.2, 0.25) is 10.0 Å². The number of halogens is 3. The smallest absolute Gasteiger partial charge is 0.167 e. The third kappa shape index (κ3) is 3.65. The van der Waals surface area contributed by atoms with Gasteiger partial charge in [-0.2, -0.15) is 0 Å². The lowest BCUT2D eigenvalue weighted by atomic mass is 9.89. The lowest BCUT2D eigenvalue weighted by Gasteiger charge is -2.32. The van der Waals surface area contributed by atoms with Crippen molar-refractivity contribution in [1.82, 2.24) is 9.97 Å². The minimum atomic E-state index is -0.411. The molecule has 0 amide bonds. The highest BCUT2D eigenvalue weighted by Gasteiger charge is 2.26. The number of H-pyrrole nitrogens is 1. The van der Waals surface area contributed by atoms with Crippen LogP contribution in [0.5, 0.6) is 0 Å². The lowest BCUT2D eigenvalue weighted by Crippen LogP contribution is -2.37. The van der Waals surface area contributed by atoms with Gasteiger partial charge in [-0.1, -0.05) is 36.2 Å². The molecule has 0 aliphatic carbocycles. The number of rotatable bonds is 3. The highest BCUT2D eigenvalue weighted by atomic mass is 35.5. The second-order valence-electron chi connectivity index (χ2n) is 6.97. The van der Waals surface area contributed by atoms with Gasteiger partial charge in [0, 0.05) is 50.0 Å². The number of pyridine rings is 1. The van der Waals surface area contributed by atoms with E-state index in [-0.39, 0.29) is 0 Å². The summed E-state index contributed by atoms with van der Waals surface area (Å²) < 4.78 is 14.5. The molecule has 4 rings (SSSR count). The molecule has 0 spiro atoms. The maximum Gasteiger partial charge on any atom is 0.167 e. The van der Waals surface area contributed by atoms with Crippen molar-refractivity contribution in [3.8, 4) is 0 Å². The number of aromatic amines is 1. The second-order valence-corrected chi connectivity index (χ2v) is 7.82. The van der Waals surface area contributed by atoms with Gasteiger partial charge >= 0.3 is 0 Å². The molecule has 1 aliphatic rings. The van der Waals surface area contributed by atoms with Crippen molar-refractivity contribution in [3.05, 3.63) is 63.7 Å². The molecule has 3 aromatic rings. The fraction of sp³-hybridized carbons (Fsp3) is 0.273. The van der Waals surface area contributed by atoms with Gasteiger partial charge in [-0.25, -0.2) is 9.37 Å². The van der Waals surface area contributed by atoms with Crippen molar-refractivity contribution in [2.75, 3.05) is 25.0 Å². The summed E-state index contributed by atoms with van der Waals surface area (Å²) in [6, 6.07) is 7.31. The van der Waals surface area contributed by atoms with Crippen molar-refractivity contribution in [2.24, 2.45) is 4.99 Å². The molecule has 2 aromatic heterocycles. The molecule has 1 N–H and O–H groups in total. The van der Waals surface area contributed by atoms with E-state index in [1.807, 2.05) is 30.3 Å². The highest BCUT2D eigenvalue weighted by Crippen LogP contribution is 2.35. The molecule has 4 nitrogen and oxygen atoms in total. The molecule has 0 atom stereocenters. The molecule has 1 fully saturated rings. The summed E-state index contributed by atoms with van der Waals surface area (Å²) in [5.41, 5.74) is 5.39. The number of allylic oxidation sites excluding steroid dienone is 1. The molecule has 3 heterocycles. The van der Waals surface area contributed by atoms with Gasteiger partial charge in [0.1, 0.15) is 0 Å². The molecule has 0 saturated carbocycles. The Morgan fingerprint density at radius 2 is 2.14 bits per heavy atom. The second kappa shape index (κ2) is 8.17. The van der Waals surface area contributed by atoms with Crippen LogP contribution in [-0.4, -0.2) is 35.8 Å². The quantitative estimate of drug-likeness (QED) is 0.540. The zero-order chi connectivity index (χ0) is 20.5. The summed E-state index contributed by atoms with van der Waals surface area (Å²) in [4.78, 5) is 13.9. The fourth-order valence-corrected chi connectivity index (χ4v) is 4.40. The van der Waals surface area contributed by atoms with Gasteiger partial charge in [0.2, 0.25) is 0 Å². The van der Waals surface area contributed by atoms with Gasteiger partial charge < -0.3 is 9.88 Å². The van der Waals surface area contributed by atoms with Crippen molar-refractivity contribution < 1.29 is 4.39 Å². The molecule has 1 saturated heterocycles. The monoisotopic (exact) mass is 430 g/mol. The van der Waals surface area contributed by atoms with Gasteiger partial charge in [-0.15, -0.1) is 0 Å². The van der Waals surface area contributed by atoms with Crippen LogP contribution in [0, 0.1) is 5.82 Å². The summed E-state index contributed by atoms with van der Waals surface area (Å²) in [7, 11) is 1.81. The predicted octanol–water partition coefficient (Wildman–Crippen LogP) is 6.15. The minimum absolute atomic E-state index is 0.292. The van der Waals surface area contributed by atoms with Gasteiger partial charge in [-0.05, 0) is 41.3 Å². The van der Waals surface area contributed by atoms with E-state index in [9.17, 15) is 4.39 Å². The normalized spacial score (nSPS) is 18.0. The number of hydrogen-bond acceptors (Lipinski definition) is 3. The standard InChI is InChI=1S/C22H21Cl2FN4/c1-3-14(15-4-5-18(24)21-16(15)6-8-27-21)17-12-29(9-7-20(17)26-2)22-19(25)10-13(23)11-28-22/h4-6,8,10-11,27H,3,7,9,12H2,1-2H3/b17-14+,26-20-. The molecule has 1 aliphatic heterocycles. The first-order valence-electron chi connectivity index (χ1n) is 9.53. The van der Waals surface area contributed by atoms with Crippen molar-refractivity contribution in [1.29, 1.82) is 0 Å². The Hall–Kier alpha value is -2.37. The fourth-order valence-electron chi connectivity index (χ4n) is 4.04. The number of benzene rings is 1. The molecule has 7 heteroatoms. The summed E-state index contributed by atoms with van der Waals surface area (Å²) >= 11 is 12.2. The van der Waals surface area contributed by atoms with Gasteiger partial charge in [0.05, 0.1) is 15.6 Å². The summed E-state index contributed by atoms with van der Waals surface area (Å²) in [6.07, 6.45) is 4.92. The van der Waals surface area contributed by atoms with Crippen molar-refractivity contribution in [3.63, 3.8) is 0 Å². The summed E-state index contributed by atoms with van der Waals surface area (Å²) in [6.45, 7) is 3.32. The Bertz CT molecular complexity index is 1130. The Kier molecular flexibility index (Phi) is 5.61. The molecular weight excluding hydrogens is 410 g/mol. The van der Waals surface area contributed by atoms with E-state index in [1.54, 1.807) is 0 Å². The Morgan fingerprint density at radius 3 is 2.86 bits per heavy atom. The highest BCUT2D eigenvalue weighted by molar-refractivity contribution is 6.35. The molecule has 0 bridgehead atoms. The van der Waals surface area contributed by atoms with Crippen LogP contribution in [0.25, 0.3) is 16.5 Å². The largest absolute Gasteiger partial charge is 0.360 e. The Balaban J connectivity index is 1.84. The number of aliphatic imine (C=N–C) groups is 1. The van der Waals surface area contributed by atoms with E-state index < -0.39 is 5.82 Å². The average Bonchev–Trinajstić information content (AvgIpc) is 3.21. The maximum atomic E-state index is 14.5. The van der Waals surface area contributed by atoms with E-state index in [2.05, 4.69) is 28.0 Å². The number of anilines is 1. The van der Waals surface area contributed by atoms with E-state index in [0.29, 0.717) is 29.0 Å². The summed E-state index contributed by atoms with van der Waals surface area (Å²) in [5.74, 6) is -0.0910. The van der Waals surface area contributed by atoms with Gasteiger partial charge in [-0.3, -0.25) is 4.99 Å². The third-order valence-electron chi connectivity index (χ3n) is 5.39. The number of nitrogens with one attached hydrogen (secondary N) is 1. The molecular formula is C22H21Cl2FN4. The van der Waals surface area contributed by atoms with Crippen LogP contribution >= 0.6 is 23.2 Å². The first-order valence-corrected chi connectivity index (χ1v) is 10.3. The molecule has 0 radical (unpaired) electrons. The van der Waals surface area contributed by atoms with E-state index in [1.165, 1.54) is 17.8 Å². The van der Waals surface area contributed by atoms with Crippen LogP contribution in [0.4, 0.5) is 10.2 Å². The number of nitrogens with zero attached hydrogens (tertiary/aromatic N) is 3. The molecule has 1 aromatic carbocycles. The Morgan fingerprint density at radius 1 is 1.31 bits per heavy atom. The topological polar surface area (TPSA) is 44.3 Å². The average molecular weight is 431 g/mol.